The third-order valence-electron chi connectivity index (χ3n) is 3.01. The Kier molecular flexibility index (Phi) is 3.77. The molecule has 22 heavy (non-hydrogen) atoms. The van der Waals surface area contributed by atoms with Gasteiger partial charge in [-0.05, 0) is 36.4 Å². The van der Waals surface area contributed by atoms with Crippen LogP contribution in [0.1, 0.15) is 11.1 Å². The summed E-state index contributed by atoms with van der Waals surface area (Å²) in [6, 6.07) is 10.7. The molecule has 6 heteroatoms. The normalized spacial score (nSPS) is 15.8. The second-order valence-electron chi connectivity index (χ2n) is 4.52. The van der Waals surface area contributed by atoms with E-state index in [-0.39, 0.29) is 22.9 Å². The Bertz CT molecular complexity index is 830. The zero-order valence-corrected chi connectivity index (χ0v) is 12.7. The highest BCUT2D eigenvalue weighted by Crippen LogP contribution is 2.27. The number of cyclic esters (lactones) is 1. The van der Waals surface area contributed by atoms with Crippen LogP contribution in [0.25, 0.3) is 6.08 Å². The summed E-state index contributed by atoms with van der Waals surface area (Å²) < 4.78 is 19.4. The molecule has 0 aromatic heterocycles. The van der Waals surface area contributed by atoms with Crippen LogP contribution in [-0.2, 0) is 9.53 Å². The summed E-state index contributed by atoms with van der Waals surface area (Å²) in [7, 11) is 0. The lowest BCUT2D eigenvalue weighted by Gasteiger charge is -2.00. The molecule has 0 saturated carbocycles. The van der Waals surface area contributed by atoms with Gasteiger partial charge >= 0.3 is 5.97 Å². The Labute approximate surface area is 133 Å². The van der Waals surface area contributed by atoms with Crippen molar-refractivity contribution >= 4 is 33.9 Å². The molecule has 0 spiro atoms. The van der Waals surface area contributed by atoms with Crippen molar-refractivity contribution in [3.8, 4) is 5.75 Å². The first kappa shape index (κ1) is 14.5. The fourth-order valence-electron chi connectivity index (χ4n) is 1.95. The number of halogens is 2. The molecule has 4 nitrogen and oxygen atoms in total. The van der Waals surface area contributed by atoms with Gasteiger partial charge in [-0.3, -0.25) is 0 Å². The van der Waals surface area contributed by atoms with E-state index >= 15 is 0 Å². The average molecular weight is 362 g/mol. The largest absolute Gasteiger partial charge is 0.507 e. The van der Waals surface area contributed by atoms with Gasteiger partial charge in [0.2, 0.25) is 5.90 Å². The maximum absolute atomic E-state index is 13.7. The van der Waals surface area contributed by atoms with E-state index < -0.39 is 11.8 Å². The molecule has 1 N–H and O–H groups in total. The molecule has 0 fully saturated rings. The van der Waals surface area contributed by atoms with Crippen LogP contribution < -0.4 is 0 Å². The standard InChI is InChI=1S/C16H9BrFNO3/c17-10-5-6-14(20)9(7-10)8-13-16(21)22-15(19-13)11-3-1-2-4-12(11)18/h1-8,20H. The number of aromatic hydroxyl groups is 1. The van der Waals surface area contributed by atoms with Gasteiger partial charge in [-0.2, -0.15) is 0 Å². The number of nitrogens with zero attached hydrogens (tertiary/aromatic N) is 1. The molecular formula is C16H9BrFNO3. The molecule has 0 unspecified atom stereocenters. The molecule has 3 rings (SSSR count). The van der Waals surface area contributed by atoms with E-state index in [2.05, 4.69) is 20.9 Å². The number of benzene rings is 2. The molecule has 1 aliphatic heterocycles. The third kappa shape index (κ3) is 2.78. The van der Waals surface area contributed by atoms with Crippen LogP contribution in [0.2, 0.25) is 0 Å². The van der Waals surface area contributed by atoms with Crippen LogP contribution in [0.15, 0.2) is 57.6 Å². The summed E-state index contributed by atoms with van der Waals surface area (Å²) in [5.41, 5.74) is 0.504. The van der Waals surface area contributed by atoms with Gasteiger partial charge in [0, 0.05) is 10.0 Å². The van der Waals surface area contributed by atoms with Crippen LogP contribution in [0.3, 0.4) is 0 Å². The average Bonchev–Trinajstić information content (AvgIpc) is 2.84. The predicted molar refractivity (Wildman–Crippen MR) is 82.8 cm³/mol. The van der Waals surface area contributed by atoms with Gasteiger partial charge in [0.1, 0.15) is 11.6 Å². The summed E-state index contributed by atoms with van der Waals surface area (Å²) in [5, 5.41) is 9.78. The molecule has 0 atom stereocenters. The summed E-state index contributed by atoms with van der Waals surface area (Å²) in [6.45, 7) is 0. The molecule has 0 amide bonds. The van der Waals surface area contributed by atoms with E-state index in [1.807, 2.05) is 0 Å². The van der Waals surface area contributed by atoms with E-state index in [1.54, 1.807) is 18.2 Å². The molecule has 110 valence electrons. The molecule has 1 aliphatic rings. The smallest absolute Gasteiger partial charge is 0.363 e. The van der Waals surface area contributed by atoms with Crippen molar-refractivity contribution in [2.24, 2.45) is 4.99 Å². The number of hydrogen-bond acceptors (Lipinski definition) is 4. The fourth-order valence-corrected chi connectivity index (χ4v) is 2.33. The molecule has 1 heterocycles. The minimum Gasteiger partial charge on any atom is -0.507 e. The Morgan fingerprint density at radius 3 is 2.77 bits per heavy atom. The number of ether oxygens (including phenoxy) is 1. The van der Waals surface area contributed by atoms with Crippen LogP contribution in [0.4, 0.5) is 4.39 Å². The van der Waals surface area contributed by atoms with E-state index in [0.717, 1.165) is 4.47 Å². The van der Waals surface area contributed by atoms with Gasteiger partial charge in [0.25, 0.3) is 0 Å². The monoisotopic (exact) mass is 361 g/mol. The molecule has 2 aromatic rings. The first-order chi connectivity index (χ1) is 10.5. The summed E-state index contributed by atoms with van der Waals surface area (Å²) in [6.07, 6.45) is 1.39. The topological polar surface area (TPSA) is 58.9 Å². The van der Waals surface area contributed by atoms with E-state index in [0.29, 0.717) is 5.56 Å². The summed E-state index contributed by atoms with van der Waals surface area (Å²) in [4.78, 5) is 15.9. The third-order valence-corrected chi connectivity index (χ3v) is 3.50. The SMILES string of the molecule is O=C1OC(c2ccccc2F)=NC1=Cc1cc(Br)ccc1O. The van der Waals surface area contributed by atoms with Crippen molar-refractivity contribution in [3.63, 3.8) is 0 Å². The zero-order chi connectivity index (χ0) is 15.7. The lowest BCUT2D eigenvalue weighted by molar-refractivity contribution is -0.129. The van der Waals surface area contributed by atoms with Crippen molar-refractivity contribution in [2.75, 3.05) is 0 Å². The first-order valence-electron chi connectivity index (χ1n) is 6.30. The highest BCUT2D eigenvalue weighted by Gasteiger charge is 2.26. The second-order valence-corrected chi connectivity index (χ2v) is 5.43. The summed E-state index contributed by atoms with van der Waals surface area (Å²) in [5.74, 6) is -1.32. The van der Waals surface area contributed by atoms with E-state index in [9.17, 15) is 14.3 Å². The number of rotatable bonds is 2. The van der Waals surface area contributed by atoms with Crippen molar-refractivity contribution in [2.45, 2.75) is 0 Å². The minimum absolute atomic E-state index is 0.00181. The fraction of sp³-hybridized carbons (Fsp3) is 0. The number of phenolic OH excluding ortho intramolecular Hbond substituents is 1. The van der Waals surface area contributed by atoms with Gasteiger partial charge in [-0.25, -0.2) is 14.2 Å². The van der Waals surface area contributed by atoms with Crippen molar-refractivity contribution in [1.29, 1.82) is 0 Å². The Morgan fingerprint density at radius 2 is 2.00 bits per heavy atom. The van der Waals surface area contributed by atoms with Crippen molar-refractivity contribution in [1.82, 2.24) is 0 Å². The van der Waals surface area contributed by atoms with Crippen LogP contribution in [0.5, 0.6) is 5.75 Å². The number of phenols is 1. The van der Waals surface area contributed by atoms with Crippen molar-refractivity contribution in [3.05, 3.63) is 69.6 Å². The van der Waals surface area contributed by atoms with E-state index in [1.165, 1.54) is 30.3 Å². The van der Waals surface area contributed by atoms with Gasteiger partial charge in [0.05, 0.1) is 5.56 Å². The Morgan fingerprint density at radius 1 is 1.23 bits per heavy atom. The van der Waals surface area contributed by atoms with Gasteiger partial charge < -0.3 is 9.84 Å². The minimum atomic E-state index is -0.697. The molecule has 0 radical (unpaired) electrons. The second kappa shape index (κ2) is 5.73. The first-order valence-corrected chi connectivity index (χ1v) is 7.10. The number of esters is 1. The zero-order valence-electron chi connectivity index (χ0n) is 11.1. The predicted octanol–water partition coefficient (Wildman–Crippen LogP) is 3.64. The van der Waals surface area contributed by atoms with Crippen LogP contribution in [-0.4, -0.2) is 17.0 Å². The van der Waals surface area contributed by atoms with Crippen molar-refractivity contribution < 1.29 is 19.0 Å². The van der Waals surface area contributed by atoms with E-state index in [4.69, 9.17) is 4.74 Å². The van der Waals surface area contributed by atoms with Gasteiger partial charge in [0.15, 0.2) is 5.70 Å². The lowest BCUT2D eigenvalue weighted by Crippen LogP contribution is -2.07. The lowest BCUT2D eigenvalue weighted by atomic mass is 10.1. The Hall–Kier alpha value is -2.47. The molecule has 0 saturated heterocycles. The highest BCUT2D eigenvalue weighted by molar-refractivity contribution is 9.10. The summed E-state index contributed by atoms with van der Waals surface area (Å²) >= 11 is 3.28. The maximum Gasteiger partial charge on any atom is 0.363 e. The number of aliphatic imine (C=N–C) groups is 1. The number of carbonyl (C=O) groups is 1. The van der Waals surface area contributed by atoms with Crippen LogP contribution in [0, 0.1) is 5.82 Å². The van der Waals surface area contributed by atoms with Crippen LogP contribution >= 0.6 is 15.9 Å². The molecule has 0 bridgehead atoms. The van der Waals surface area contributed by atoms with Gasteiger partial charge in [-0.15, -0.1) is 0 Å². The maximum atomic E-state index is 13.7. The van der Waals surface area contributed by atoms with Gasteiger partial charge in [-0.1, -0.05) is 28.1 Å². The molecule has 2 aromatic carbocycles. The quantitative estimate of drug-likeness (QED) is 0.656. The number of hydrogen-bond donors (Lipinski definition) is 1. The highest BCUT2D eigenvalue weighted by atomic mass is 79.9. The molecular weight excluding hydrogens is 353 g/mol. The Balaban J connectivity index is 2.02. The number of carbonyl (C=O) groups excluding carboxylic acids is 1. The molecule has 0 aliphatic carbocycles.